The van der Waals surface area contributed by atoms with Crippen LogP contribution in [0.4, 0.5) is 0 Å². The second-order valence-corrected chi connectivity index (χ2v) is 24.7. The summed E-state index contributed by atoms with van der Waals surface area (Å²) >= 11 is 1.51. The van der Waals surface area contributed by atoms with Crippen LogP contribution in [-0.4, -0.2) is 163 Å². The standard InChI is InChI=1S/C57H76N8O9S/c1-34-23-47(74-34)52(66)60-49-51(63-29-57(30-63)32-71-33-57)53-59-45(28-75-53)37-8-11-46-41(24-37)43(26-56(3,4)31-73-55(68)44-7-6-16-65(61-44)54(49)67)50(64(46)19-22-72-40-14-20-70-21-15-40)42-25-38(27-58-48(42)35(2)69-5)36-12-17-62(18-13-36)39-9-10-39/h8,11,24-25,27-28,34-36,39-40,44,47,49,51,61H,6-7,9-10,12-23,26,29-33H2,1-5H3,(H,60,66)/t34-,35+,44+,47+,49+,51+/m1/s1. The van der Waals surface area contributed by atoms with Crippen molar-refractivity contribution in [1.82, 2.24) is 40.1 Å². The van der Waals surface area contributed by atoms with Gasteiger partial charge in [-0.15, -0.1) is 11.3 Å². The lowest BCUT2D eigenvalue weighted by molar-refractivity contribution is -0.203. The molecule has 0 radical (unpaired) electrons. The van der Waals surface area contributed by atoms with Crippen LogP contribution in [0.3, 0.4) is 0 Å². The van der Waals surface area contributed by atoms with Crippen molar-refractivity contribution in [1.29, 1.82) is 0 Å². The zero-order valence-electron chi connectivity index (χ0n) is 44.5. The number of hydrogen-bond donors (Lipinski definition) is 2. The molecule has 4 aromatic rings. The molecule has 18 heteroatoms. The molecule has 8 aliphatic rings. The van der Waals surface area contributed by atoms with Gasteiger partial charge in [0.25, 0.3) is 5.91 Å². The number of ether oxygens (including phenoxy) is 6. The van der Waals surface area contributed by atoms with E-state index in [1.165, 1.54) is 34.8 Å². The Morgan fingerprint density at radius 2 is 1.77 bits per heavy atom. The smallest absolute Gasteiger partial charge is 0.324 e. The topological polar surface area (TPSA) is 171 Å². The molecule has 0 unspecified atom stereocenters. The Bertz CT molecular complexity index is 2740. The van der Waals surface area contributed by atoms with E-state index in [-0.39, 0.29) is 42.1 Å². The lowest BCUT2D eigenvalue weighted by atomic mass is 9.76. The number of amides is 2. The molecular weight excluding hydrogens is 973 g/mol. The number of methoxy groups -OCH3 is 1. The number of fused-ring (bicyclic) bond motifs is 6. The monoisotopic (exact) mass is 1050 g/mol. The van der Waals surface area contributed by atoms with Gasteiger partial charge in [0.05, 0.1) is 67.9 Å². The Morgan fingerprint density at radius 3 is 2.49 bits per heavy atom. The molecule has 3 aromatic heterocycles. The number of piperidine rings is 1. The molecule has 6 atom stereocenters. The van der Waals surface area contributed by atoms with E-state index in [0.717, 1.165) is 94.5 Å². The molecular formula is C57H76N8O9S. The molecule has 1 saturated carbocycles. The summed E-state index contributed by atoms with van der Waals surface area (Å²) in [6.07, 6.45) is 10.0. The molecule has 7 aliphatic heterocycles. The van der Waals surface area contributed by atoms with Gasteiger partial charge >= 0.3 is 5.97 Å². The maximum atomic E-state index is 15.1. The number of likely N-dealkylation sites (tertiary alicyclic amines) is 2. The Kier molecular flexibility index (Phi) is 14.5. The van der Waals surface area contributed by atoms with Crippen LogP contribution in [-0.2, 0) is 55.8 Å². The Morgan fingerprint density at radius 1 is 0.987 bits per heavy atom. The Hall–Kier alpha value is -4.37. The van der Waals surface area contributed by atoms with Gasteiger partial charge in [-0.3, -0.25) is 29.3 Å². The average Bonchev–Trinajstić information content (AvgIpc) is 4.06. The number of hydrazine groups is 1. The van der Waals surface area contributed by atoms with E-state index in [9.17, 15) is 9.59 Å². The van der Waals surface area contributed by atoms with Crippen molar-refractivity contribution >= 4 is 40.0 Å². The molecule has 10 heterocycles. The van der Waals surface area contributed by atoms with Crippen molar-refractivity contribution in [3.8, 4) is 22.5 Å². The van der Waals surface area contributed by atoms with Crippen LogP contribution in [0.25, 0.3) is 33.4 Å². The first-order chi connectivity index (χ1) is 36.3. The second-order valence-electron chi connectivity index (χ2n) is 23.8. The minimum Gasteiger partial charge on any atom is -0.464 e. The number of aromatic nitrogens is 3. The summed E-state index contributed by atoms with van der Waals surface area (Å²) in [6.45, 7) is 16.3. The number of carbonyl (C=O) groups is 3. The van der Waals surface area contributed by atoms with Gasteiger partial charge in [0.15, 0.2) is 0 Å². The number of nitrogens with zero attached hydrogens (tertiary/aromatic N) is 6. The molecule has 1 spiro atoms. The third-order valence-electron chi connectivity index (χ3n) is 17.5. The molecule has 6 saturated heterocycles. The van der Waals surface area contributed by atoms with E-state index in [1.807, 2.05) is 6.92 Å². The van der Waals surface area contributed by atoms with E-state index in [2.05, 4.69) is 81.7 Å². The van der Waals surface area contributed by atoms with Crippen molar-refractivity contribution in [3.05, 3.63) is 57.7 Å². The molecule has 75 heavy (non-hydrogen) atoms. The summed E-state index contributed by atoms with van der Waals surface area (Å²) in [7, 11) is 1.75. The summed E-state index contributed by atoms with van der Waals surface area (Å²) in [4.78, 5) is 59.2. The van der Waals surface area contributed by atoms with Gasteiger partial charge < -0.3 is 43.2 Å². The van der Waals surface area contributed by atoms with Crippen LogP contribution >= 0.6 is 11.3 Å². The maximum Gasteiger partial charge on any atom is 0.324 e. The van der Waals surface area contributed by atoms with Gasteiger partial charge in [0.1, 0.15) is 23.2 Å². The third kappa shape index (κ3) is 10.4. The molecule has 2 amide bonds. The highest BCUT2D eigenvalue weighted by Gasteiger charge is 2.55. The number of esters is 1. The van der Waals surface area contributed by atoms with Gasteiger partial charge in [-0.05, 0) is 120 Å². The van der Waals surface area contributed by atoms with E-state index >= 15 is 4.79 Å². The van der Waals surface area contributed by atoms with Crippen molar-refractivity contribution in [2.24, 2.45) is 10.8 Å². The highest BCUT2D eigenvalue weighted by atomic mass is 32.1. The minimum absolute atomic E-state index is 0.00793. The van der Waals surface area contributed by atoms with Crippen molar-refractivity contribution in [2.75, 3.05) is 79.5 Å². The number of pyridine rings is 1. The summed E-state index contributed by atoms with van der Waals surface area (Å²) in [5.74, 6) is -0.676. The largest absolute Gasteiger partial charge is 0.464 e. The third-order valence-corrected chi connectivity index (χ3v) is 18.4. The fourth-order valence-corrected chi connectivity index (χ4v) is 13.9. The summed E-state index contributed by atoms with van der Waals surface area (Å²) in [5, 5.41) is 8.60. The first-order valence-corrected chi connectivity index (χ1v) is 28.8. The Labute approximate surface area is 444 Å². The van der Waals surface area contributed by atoms with Crippen LogP contribution in [0, 0.1) is 10.8 Å². The van der Waals surface area contributed by atoms with Crippen LogP contribution < -0.4 is 10.7 Å². The molecule has 7 fully saturated rings. The van der Waals surface area contributed by atoms with Gasteiger partial charge in [-0.2, -0.15) is 0 Å². The minimum atomic E-state index is -1.03. The summed E-state index contributed by atoms with van der Waals surface area (Å²) in [6, 6.07) is 7.44. The first kappa shape index (κ1) is 51.4. The molecule has 1 aliphatic carbocycles. The van der Waals surface area contributed by atoms with Gasteiger partial charge in [0.2, 0.25) is 5.91 Å². The number of thiazole rings is 1. The van der Waals surface area contributed by atoms with E-state index in [0.29, 0.717) is 90.8 Å². The van der Waals surface area contributed by atoms with Crippen LogP contribution in [0.1, 0.15) is 125 Å². The van der Waals surface area contributed by atoms with Crippen LogP contribution in [0.2, 0.25) is 0 Å². The number of carbonyl (C=O) groups excluding carboxylic acids is 3. The van der Waals surface area contributed by atoms with Crippen LogP contribution in [0.5, 0.6) is 0 Å². The van der Waals surface area contributed by atoms with Crippen LogP contribution in [0.15, 0.2) is 35.8 Å². The van der Waals surface area contributed by atoms with Crippen molar-refractivity contribution in [2.45, 2.75) is 153 Å². The Balaban J connectivity index is 0.999. The highest BCUT2D eigenvalue weighted by Crippen LogP contribution is 2.47. The predicted molar refractivity (Wildman–Crippen MR) is 283 cm³/mol. The number of rotatable bonds is 12. The molecule has 6 bridgehead atoms. The molecule has 404 valence electrons. The predicted octanol–water partition coefficient (Wildman–Crippen LogP) is 6.73. The summed E-state index contributed by atoms with van der Waals surface area (Å²) < 4.78 is 38.9. The van der Waals surface area contributed by atoms with Crippen molar-refractivity contribution in [3.63, 3.8) is 0 Å². The quantitative estimate of drug-likeness (QED) is 0.143. The fourth-order valence-electron chi connectivity index (χ4n) is 12.9. The number of nitrogens with one attached hydrogen (secondary N) is 2. The van der Waals surface area contributed by atoms with Crippen molar-refractivity contribution < 1.29 is 42.8 Å². The summed E-state index contributed by atoms with van der Waals surface area (Å²) in [5.41, 5.74) is 10.9. The lowest BCUT2D eigenvalue weighted by Crippen LogP contribution is -2.70. The molecule has 2 N–H and O–H groups in total. The molecule has 12 rings (SSSR count). The zero-order chi connectivity index (χ0) is 51.6. The first-order valence-electron chi connectivity index (χ1n) is 27.9. The van der Waals surface area contributed by atoms with E-state index in [4.69, 9.17) is 38.4 Å². The number of hydrogen-bond acceptors (Lipinski definition) is 15. The van der Waals surface area contributed by atoms with E-state index in [1.54, 1.807) is 7.11 Å². The molecule has 1 aromatic carbocycles. The number of cyclic esters (lactones) is 1. The lowest BCUT2D eigenvalue weighted by Gasteiger charge is -2.58. The molecule has 17 nitrogen and oxygen atoms in total. The van der Waals surface area contributed by atoms with E-state index < -0.39 is 35.6 Å². The fraction of sp³-hybridized carbons (Fsp3) is 0.667. The van der Waals surface area contributed by atoms with Gasteiger partial charge in [0, 0.05) is 103 Å². The average molecular weight is 1050 g/mol. The van der Waals surface area contributed by atoms with Gasteiger partial charge in [-0.1, -0.05) is 19.9 Å². The normalized spacial score (nSPS) is 28.3. The second kappa shape index (κ2) is 21.1. The number of benzene rings is 1. The highest BCUT2D eigenvalue weighted by molar-refractivity contribution is 7.10. The zero-order valence-corrected chi connectivity index (χ0v) is 45.3. The SMILES string of the molecule is CO[C@@H](C)c1ncc(C2CCN(C3CC3)CC2)cc1-c1c2c3cc(ccc3n1CCOC1CCOCC1)-c1csc(n1)[C@@H](N1CC3(COC3)C1)[C@H](NC(=O)[C@@H]1C[C@@H](C)O1)C(=O)N1CCC[C@H](N1)C(=O)OCC(C)(C)C2. The maximum absolute atomic E-state index is 15.1. The van der Waals surface area contributed by atoms with Gasteiger partial charge in [-0.25, -0.2) is 10.4 Å².